The van der Waals surface area contributed by atoms with Crippen molar-refractivity contribution in [3.05, 3.63) is 29.8 Å². The molecule has 132 valence electrons. The van der Waals surface area contributed by atoms with Crippen LogP contribution in [0.4, 0.5) is 0 Å². The zero-order valence-electron chi connectivity index (χ0n) is 13.3. The van der Waals surface area contributed by atoms with Crippen LogP contribution in [0, 0.1) is 0 Å². The number of hydrogen-bond donors (Lipinski definition) is 5. The molecule has 0 spiro atoms. The van der Waals surface area contributed by atoms with Crippen LogP contribution in [0.1, 0.15) is 12.5 Å². The zero-order valence-corrected chi connectivity index (χ0v) is 13.3. The Labute approximate surface area is 139 Å². The van der Waals surface area contributed by atoms with E-state index in [1.54, 1.807) is 12.1 Å². The van der Waals surface area contributed by atoms with Gasteiger partial charge in [-0.3, -0.25) is 4.79 Å². The monoisotopic (exact) mass is 339 g/mol. The van der Waals surface area contributed by atoms with Crippen molar-refractivity contribution in [3.63, 3.8) is 0 Å². The number of aromatic hydroxyl groups is 1. The van der Waals surface area contributed by atoms with Gasteiger partial charge in [0.25, 0.3) is 0 Å². The van der Waals surface area contributed by atoms with Crippen molar-refractivity contribution in [1.82, 2.24) is 5.32 Å². The number of aliphatic hydroxyl groups is 3. The predicted molar refractivity (Wildman–Crippen MR) is 84.2 cm³/mol. The first-order valence-corrected chi connectivity index (χ1v) is 7.38. The van der Waals surface area contributed by atoms with Gasteiger partial charge in [0.2, 0.25) is 5.91 Å². The number of amides is 1. The largest absolute Gasteiger partial charge is 0.504 e. The lowest BCUT2D eigenvalue weighted by molar-refractivity contribution is -0.224. The average molecular weight is 339 g/mol. The smallest absolute Gasteiger partial charge is 0.246 e. The summed E-state index contributed by atoms with van der Waals surface area (Å²) < 4.78 is 10.2. The van der Waals surface area contributed by atoms with Crippen LogP contribution in [0.5, 0.6) is 11.5 Å². The van der Waals surface area contributed by atoms with Crippen LogP contribution in [0.2, 0.25) is 0 Å². The molecule has 1 aromatic rings. The SMILES string of the molecule is COc1cc(/C=C/C(=O)N[C@H]2O[C@@H](C)[C@H](O)[C@@H](O)[C@H]2O)ccc1O. The number of hydrogen-bond acceptors (Lipinski definition) is 7. The van der Waals surface area contributed by atoms with Crippen LogP contribution in [-0.4, -0.2) is 64.1 Å². The van der Waals surface area contributed by atoms with Gasteiger partial charge < -0.3 is 35.2 Å². The van der Waals surface area contributed by atoms with Crippen LogP contribution in [-0.2, 0) is 9.53 Å². The number of rotatable bonds is 4. The summed E-state index contributed by atoms with van der Waals surface area (Å²) >= 11 is 0. The van der Waals surface area contributed by atoms with Gasteiger partial charge in [0.15, 0.2) is 17.7 Å². The molecular formula is C16H21NO7. The number of methoxy groups -OCH3 is 1. The van der Waals surface area contributed by atoms with Crippen molar-refractivity contribution in [1.29, 1.82) is 0 Å². The Balaban J connectivity index is 2.00. The molecule has 0 aromatic heterocycles. The van der Waals surface area contributed by atoms with Gasteiger partial charge in [-0.15, -0.1) is 0 Å². The Kier molecular flexibility index (Phi) is 5.79. The second-order valence-corrected chi connectivity index (χ2v) is 5.51. The lowest BCUT2D eigenvalue weighted by Crippen LogP contribution is -2.61. The molecule has 1 aliphatic heterocycles. The minimum Gasteiger partial charge on any atom is -0.504 e. The fourth-order valence-electron chi connectivity index (χ4n) is 2.33. The van der Waals surface area contributed by atoms with Gasteiger partial charge in [0.1, 0.15) is 18.3 Å². The lowest BCUT2D eigenvalue weighted by atomic mass is 9.99. The van der Waals surface area contributed by atoms with Crippen molar-refractivity contribution in [3.8, 4) is 11.5 Å². The van der Waals surface area contributed by atoms with E-state index in [4.69, 9.17) is 9.47 Å². The highest BCUT2D eigenvalue weighted by molar-refractivity contribution is 5.92. The molecule has 1 aliphatic rings. The van der Waals surface area contributed by atoms with Crippen LogP contribution < -0.4 is 10.1 Å². The second-order valence-electron chi connectivity index (χ2n) is 5.51. The highest BCUT2D eigenvalue weighted by Gasteiger charge is 2.42. The Morgan fingerprint density at radius 2 is 1.96 bits per heavy atom. The van der Waals surface area contributed by atoms with Gasteiger partial charge in [0, 0.05) is 6.08 Å². The topological polar surface area (TPSA) is 128 Å². The number of carbonyl (C=O) groups is 1. The Morgan fingerprint density at radius 1 is 1.25 bits per heavy atom. The summed E-state index contributed by atoms with van der Waals surface area (Å²) in [5.41, 5.74) is 0.619. The van der Waals surface area contributed by atoms with E-state index < -0.39 is 36.6 Å². The van der Waals surface area contributed by atoms with E-state index in [-0.39, 0.29) is 11.5 Å². The van der Waals surface area contributed by atoms with Crippen LogP contribution in [0.15, 0.2) is 24.3 Å². The van der Waals surface area contributed by atoms with E-state index in [1.165, 1.54) is 32.3 Å². The van der Waals surface area contributed by atoms with Crippen molar-refractivity contribution in [2.75, 3.05) is 7.11 Å². The second kappa shape index (κ2) is 7.63. The lowest BCUT2D eigenvalue weighted by Gasteiger charge is -2.39. The number of benzene rings is 1. The summed E-state index contributed by atoms with van der Waals surface area (Å²) in [6.45, 7) is 1.53. The van der Waals surface area contributed by atoms with E-state index in [0.717, 1.165) is 0 Å². The molecule has 1 fully saturated rings. The Morgan fingerprint density at radius 3 is 2.62 bits per heavy atom. The third-order valence-corrected chi connectivity index (χ3v) is 3.77. The molecule has 1 heterocycles. The molecule has 0 unspecified atom stereocenters. The summed E-state index contributed by atoms with van der Waals surface area (Å²) in [6, 6.07) is 4.58. The Bertz CT molecular complexity index is 618. The number of phenols is 1. The maximum Gasteiger partial charge on any atom is 0.246 e. The maximum atomic E-state index is 11.9. The molecule has 0 bridgehead atoms. The first-order valence-electron chi connectivity index (χ1n) is 7.38. The van der Waals surface area contributed by atoms with E-state index >= 15 is 0 Å². The van der Waals surface area contributed by atoms with E-state index in [0.29, 0.717) is 5.56 Å². The molecule has 5 N–H and O–H groups in total. The van der Waals surface area contributed by atoms with Gasteiger partial charge >= 0.3 is 0 Å². The molecule has 0 saturated carbocycles. The summed E-state index contributed by atoms with van der Waals surface area (Å²) in [5, 5.41) is 41.1. The molecular weight excluding hydrogens is 318 g/mol. The van der Waals surface area contributed by atoms with Crippen LogP contribution >= 0.6 is 0 Å². The Hall–Kier alpha value is -2.13. The number of phenolic OH excluding ortho intramolecular Hbond substituents is 1. The fourth-order valence-corrected chi connectivity index (χ4v) is 2.33. The van der Waals surface area contributed by atoms with Gasteiger partial charge in [-0.25, -0.2) is 0 Å². The number of nitrogens with one attached hydrogen (secondary N) is 1. The molecule has 2 rings (SSSR count). The van der Waals surface area contributed by atoms with Crippen LogP contribution in [0.25, 0.3) is 6.08 Å². The molecule has 0 radical (unpaired) electrons. The third-order valence-electron chi connectivity index (χ3n) is 3.77. The number of aliphatic hydroxyl groups excluding tert-OH is 3. The van der Waals surface area contributed by atoms with Crippen molar-refractivity contribution in [2.45, 2.75) is 37.6 Å². The highest BCUT2D eigenvalue weighted by atomic mass is 16.5. The van der Waals surface area contributed by atoms with Gasteiger partial charge in [-0.1, -0.05) is 6.07 Å². The van der Waals surface area contributed by atoms with Crippen LogP contribution in [0.3, 0.4) is 0 Å². The van der Waals surface area contributed by atoms with Gasteiger partial charge in [-0.05, 0) is 30.7 Å². The number of ether oxygens (including phenoxy) is 2. The molecule has 5 atom stereocenters. The molecule has 1 aromatic carbocycles. The predicted octanol–water partition coefficient (Wildman–Crippen LogP) is -0.642. The molecule has 24 heavy (non-hydrogen) atoms. The van der Waals surface area contributed by atoms with Gasteiger partial charge in [-0.2, -0.15) is 0 Å². The first kappa shape index (κ1) is 18.2. The summed E-state index contributed by atoms with van der Waals surface area (Å²) in [5.74, 6) is -0.296. The molecule has 1 amide bonds. The highest BCUT2D eigenvalue weighted by Crippen LogP contribution is 2.26. The third kappa shape index (κ3) is 4.04. The average Bonchev–Trinajstić information content (AvgIpc) is 2.57. The molecule has 8 heteroatoms. The zero-order chi connectivity index (χ0) is 17.9. The standard InChI is InChI=1S/C16H21NO7/c1-8-13(20)14(21)15(22)16(24-8)17-12(19)6-4-9-3-5-10(18)11(7-9)23-2/h3-8,13-16,18,20-22H,1-2H3,(H,17,19)/b6-4+/t8-,13-,14+,15+,16-/m0/s1. The van der Waals surface area contributed by atoms with Crippen molar-refractivity contribution in [2.24, 2.45) is 0 Å². The summed E-state index contributed by atoms with van der Waals surface area (Å²) in [7, 11) is 1.41. The number of carbonyl (C=O) groups excluding carboxylic acids is 1. The van der Waals surface area contributed by atoms with E-state index in [2.05, 4.69) is 5.32 Å². The molecule has 8 nitrogen and oxygen atoms in total. The normalized spacial score (nSPS) is 30.3. The summed E-state index contributed by atoms with van der Waals surface area (Å²) in [4.78, 5) is 11.9. The minimum absolute atomic E-state index is 0.0145. The van der Waals surface area contributed by atoms with Gasteiger partial charge in [0.05, 0.1) is 13.2 Å². The fraction of sp³-hybridized carbons (Fsp3) is 0.438. The first-order chi connectivity index (χ1) is 11.3. The van der Waals surface area contributed by atoms with E-state index in [1.807, 2.05) is 0 Å². The summed E-state index contributed by atoms with van der Waals surface area (Å²) in [6.07, 6.45) is -3.26. The van der Waals surface area contributed by atoms with Crippen molar-refractivity contribution >= 4 is 12.0 Å². The maximum absolute atomic E-state index is 11.9. The van der Waals surface area contributed by atoms with Crippen molar-refractivity contribution < 1.29 is 34.7 Å². The van der Waals surface area contributed by atoms with E-state index in [9.17, 15) is 25.2 Å². The molecule has 0 aliphatic carbocycles. The quantitative estimate of drug-likeness (QED) is 0.461. The molecule has 1 saturated heterocycles. The minimum atomic E-state index is -1.44.